The van der Waals surface area contributed by atoms with Gasteiger partial charge in [-0.15, -0.1) is 0 Å². The quantitative estimate of drug-likeness (QED) is 0.842. The minimum Gasteiger partial charge on any atom is -0.356 e. The van der Waals surface area contributed by atoms with Crippen LogP contribution in [0, 0.1) is 11.8 Å². The van der Waals surface area contributed by atoms with E-state index in [4.69, 9.17) is 0 Å². The molecular formula is C20H29N3O. The summed E-state index contributed by atoms with van der Waals surface area (Å²) >= 11 is 0. The van der Waals surface area contributed by atoms with Crippen molar-refractivity contribution in [3.05, 3.63) is 42.0 Å². The second-order valence-electron chi connectivity index (χ2n) is 7.11. The smallest absolute Gasteiger partial charge is 0.223 e. The third kappa shape index (κ3) is 4.68. The van der Waals surface area contributed by atoms with Crippen LogP contribution in [0.4, 0.5) is 0 Å². The highest BCUT2D eigenvalue weighted by Crippen LogP contribution is 2.19. The molecule has 24 heavy (non-hydrogen) atoms. The molecule has 0 unspecified atom stereocenters. The molecule has 2 N–H and O–H groups in total. The SMILES string of the molecule is C=Cc1cccc(CN2CC[C@@H](CNC(=O)C3CCNCC3)C2)c1. The van der Waals surface area contributed by atoms with Crippen molar-refractivity contribution >= 4 is 12.0 Å². The number of nitrogens with zero attached hydrogens (tertiary/aromatic N) is 1. The van der Waals surface area contributed by atoms with Gasteiger partial charge in [-0.25, -0.2) is 0 Å². The number of amides is 1. The van der Waals surface area contributed by atoms with Gasteiger partial charge in [0, 0.05) is 25.6 Å². The number of carbonyl (C=O) groups is 1. The van der Waals surface area contributed by atoms with Crippen molar-refractivity contribution in [2.45, 2.75) is 25.8 Å². The zero-order valence-electron chi connectivity index (χ0n) is 14.5. The number of rotatable bonds is 6. The topological polar surface area (TPSA) is 44.4 Å². The van der Waals surface area contributed by atoms with Crippen LogP contribution in [-0.4, -0.2) is 43.5 Å². The average Bonchev–Trinajstić information content (AvgIpc) is 3.08. The van der Waals surface area contributed by atoms with Crippen molar-refractivity contribution in [2.75, 3.05) is 32.7 Å². The predicted octanol–water partition coefficient (Wildman–Crippen LogP) is 2.27. The summed E-state index contributed by atoms with van der Waals surface area (Å²) < 4.78 is 0. The first kappa shape index (κ1) is 17.2. The fourth-order valence-electron chi connectivity index (χ4n) is 3.77. The molecule has 1 aromatic carbocycles. The fraction of sp³-hybridized carbons (Fsp3) is 0.550. The molecule has 0 bridgehead atoms. The molecule has 1 aromatic rings. The molecule has 2 aliphatic rings. The maximum Gasteiger partial charge on any atom is 0.223 e. The summed E-state index contributed by atoms with van der Waals surface area (Å²) in [7, 11) is 0. The Morgan fingerprint density at radius 3 is 2.96 bits per heavy atom. The van der Waals surface area contributed by atoms with Gasteiger partial charge in [0.1, 0.15) is 0 Å². The summed E-state index contributed by atoms with van der Waals surface area (Å²) in [5.41, 5.74) is 2.52. The second-order valence-corrected chi connectivity index (χ2v) is 7.11. The van der Waals surface area contributed by atoms with Gasteiger partial charge >= 0.3 is 0 Å². The van der Waals surface area contributed by atoms with Gasteiger partial charge in [0.25, 0.3) is 0 Å². The Labute approximate surface area is 145 Å². The molecule has 1 amide bonds. The number of benzene rings is 1. The first-order valence-electron chi connectivity index (χ1n) is 9.17. The Bertz CT molecular complexity index is 566. The molecule has 0 aliphatic carbocycles. The van der Waals surface area contributed by atoms with E-state index in [9.17, 15) is 4.79 Å². The zero-order valence-corrected chi connectivity index (χ0v) is 14.5. The molecule has 4 nitrogen and oxygen atoms in total. The van der Waals surface area contributed by atoms with E-state index in [0.29, 0.717) is 5.92 Å². The molecule has 4 heteroatoms. The van der Waals surface area contributed by atoms with E-state index >= 15 is 0 Å². The van der Waals surface area contributed by atoms with Crippen molar-refractivity contribution in [2.24, 2.45) is 11.8 Å². The van der Waals surface area contributed by atoms with Crippen molar-refractivity contribution < 1.29 is 4.79 Å². The molecule has 0 spiro atoms. The maximum absolute atomic E-state index is 12.2. The Morgan fingerprint density at radius 2 is 2.17 bits per heavy atom. The predicted molar refractivity (Wildman–Crippen MR) is 98.5 cm³/mol. The van der Waals surface area contributed by atoms with E-state index < -0.39 is 0 Å². The lowest BCUT2D eigenvalue weighted by atomic mass is 9.97. The summed E-state index contributed by atoms with van der Waals surface area (Å²) in [4.78, 5) is 14.7. The number of hydrogen-bond acceptors (Lipinski definition) is 3. The highest BCUT2D eigenvalue weighted by Gasteiger charge is 2.25. The highest BCUT2D eigenvalue weighted by atomic mass is 16.1. The van der Waals surface area contributed by atoms with Crippen LogP contribution in [0.15, 0.2) is 30.8 Å². The zero-order chi connectivity index (χ0) is 16.8. The van der Waals surface area contributed by atoms with Crippen molar-refractivity contribution in [1.82, 2.24) is 15.5 Å². The Morgan fingerprint density at radius 1 is 1.33 bits per heavy atom. The van der Waals surface area contributed by atoms with Gasteiger partial charge in [-0.05, 0) is 55.9 Å². The summed E-state index contributed by atoms with van der Waals surface area (Å²) in [6.45, 7) is 9.78. The summed E-state index contributed by atoms with van der Waals surface area (Å²) in [6, 6.07) is 8.57. The molecule has 130 valence electrons. The third-order valence-electron chi connectivity index (χ3n) is 5.24. The van der Waals surface area contributed by atoms with Crippen molar-refractivity contribution in [1.29, 1.82) is 0 Å². The molecule has 0 aromatic heterocycles. The number of nitrogens with one attached hydrogen (secondary N) is 2. The van der Waals surface area contributed by atoms with Crippen molar-refractivity contribution in [3.63, 3.8) is 0 Å². The lowest BCUT2D eigenvalue weighted by molar-refractivity contribution is -0.125. The lowest BCUT2D eigenvalue weighted by Gasteiger charge is -2.22. The van der Waals surface area contributed by atoms with E-state index in [-0.39, 0.29) is 11.8 Å². The van der Waals surface area contributed by atoms with Gasteiger partial charge in [0.15, 0.2) is 0 Å². The van der Waals surface area contributed by atoms with Gasteiger partial charge in [-0.2, -0.15) is 0 Å². The van der Waals surface area contributed by atoms with Gasteiger partial charge in [0.05, 0.1) is 0 Å². The molecule has 2 fully saturated rings. The molecule has 1 atom stereocenters. The lowest BCUT2D eigenvalue weighted by Crippen LogP contribution is -2.40. The first-order valence-corrected chi connectivity index (χ1v) is 9.17. The average molecular weight is 327 g/mol. The number of likely N-dealkylation sites (tertiary alicyclic amines) is 1. The Balaban J connectivity index is 1.41. The largest absolute Gasteiger partial charge is 0.356 e. The Kier molecular flexibility index (Phi) is 6.05. The monoisotopic (exact) mass is 327 g/mol. The fourth-order valence-corrected chi connectivity index (χ4v) is 3.77. The number of piperidine rings is 1. The number of carbonyl (C=O) groups excluding carboxylic acids is 1. The van der Waals surface area contributed by atoms with Crippen LogP contribution >= 0.6 is 0 Å². The molecule has 2 aliphatic heterocycles. The Hall–Kier alpha value is -1.65. The van der Waals surface area contributed by atoms with Crippen LogP contribution in [0.3, 0.4) is 0 Å². The van der Waals surface area contributed by atoms with Gasteiger partial charge < -0.3 is 10.6 Å². The van der Waals surface area contributed by atoms with Crippen LogP contribution in [0.5, 0.6) is 0 Å². The molecule has 3 rings (SSSR count). The van der Waals surface area contributed by atoms with Crippen LogP contribution in [0.25, 0.3) is 6.08 Å². The van der Waals surface area contributed by atoms with Crippen molar-refractivity contribution in [3.8, 4) is 0 Å². The van der Waals surface area contributed by atoms with E-state index in [1.807, 2.05) is 6.08 Å². The maximum atomic E-state index is 12.2. The van der Waals surface area contributed by atoms with E-state index in [0.717, 1.165) is 52.1 Å². The molecule has 2 heterocycles. The minimum absolute atomic E-state index is 0.213. The van der Waals surface area contributed by atoms with Gasteiger partial charge in [0.2, 0.25) is 5.91 Å². The van der Waals surface area contributed by atoms with Crippen LogP contribution in [0.2, 0.25) is 0 Å². The second kappa shape index (κ2) is 8.45. The molecular weight excluding hydrogens is 298 g/mol. The minimum atomic E-state index is 0.213. The summed E-state index contributed by atoms with van der Waals surface area (Å²) in [5, 5.41) is 6.50. The molecule has 0 saturated carbocycles. The van der Waals surface area contributed by atoms with Gasteiger partial charge in [-0.1, -0.05) is 36.9 Å². The van der Waals surface area contributed by atoms with Crippen LogP contribution in [-0.2, 0) is 11.3 Å². The summed E-state index contributed by atoms with van der Waals surface area (Å²) in [6.07, 6.45) is 5.02. The normalized spacial score (nSPS) is 22.4. The van der Waals surface area contributed by atoms with Gasteiger partial charge in [-0.3, -0.25) is 9.69 Å². The summed E-state index contributed by atoms with van der Waals surface area (Å²) in [5.74, 6) is 1.05. The van der Waals surface area contributed by atoms with E-state index in [1.165, 1.54) is 17.5 Å². The highest BCUT2D eigenvalue weighted by molar-refractivity contribution is 5.78. The van der Waals surface area contributed by atoms with Crippen LogP contribution in [0.1, 0.15) is 30.4 Å². The number of hydrogen-bond donors (Lipinski definition) is 2. The van der Waals surface area contributed by atoms with E-state index in [2.05, 4.69) is 46.4 Å². The standard InChI is InChI=1S/C20H29N3O/c1-2-16-4-3-5-17(12-16)14-23-11-8-18(15-23)13-22-20(24)19-6-9-21-10-7-19/h2-5,12,18-19,21H,1,6-11,13-15H2,(H,22,24)/t18-/m0/s1. The third-order valence-corrected chi connectivity index (χ3v) is 5.24. The van der Waals surface area contributed by atoms with Crippen LogP contribution < -0.4 is 10.6 Å². The van der Waals surface area contributed by atoms with E-state index in [1.54, 1.807) is 0 Å². The first-order chi connectivity index (χ1) is 11.7. The molecule has 0 radical (unpaired) electrons. The molecule has 2 saturated heterocycles.